The fourth-order valence-electron chi connectivity index (χ4n) is 2.66. The summed E-state index contributed by atoms with van der Waals surface area (Å²) in [6.07, 6.45) is -8.34. The number of aliphatic hydroxyl groups is 5. The van der Waals surface area contributed by atoms with Crippen LogP contribution in [0.25, 0.3) is 0 Å². The molecule has 138 valence electrons. The summed E-state index contributed by atoms with van der Waals surface area (Å²) in [7, 11) is 0. The summed E-state index contributed by atoms with van der Waals surface area (Å²) in [4.78, 5) is 35.1. The van der Waals surface area contributed by atoms with Crippen molar-refractivity contribution in [2.75, 3.05) is 6.61 Å². The summed E-state index contributed by atoms with van der Waals surface area (Å²) in [5.74, 6) is -6.43. The largest absolute Gasteiger partial charge is 0.477 e. The summed E-state index contributed by atoms with van der Waals surface area (Å²) in [5.41, 5.74) is 0. The van der Waals surface area contributed by atoms with Gasteiger partial charge in [0.2, 0.25) is 11.8 Å². The zero-order valence-corrected chi connectivity index (χ0v) is 13.1. The molecule has 11 nitrogen and oxygen atoms in total. The van der Waals surface area contributed by atoms with Gasteiger partial charge in [0.1, 0.15) is 18.3 Å². The number of carboxylic acids is 1. The fourth-order valence-corrected chi connectivity index (χ4v) is 2.66. The zero-order chi connectivity index (χ0) is 18.8. The highest BCUT2D eigenvalue weighted by atomic mass is 16.7. The number of ether oxygens (including phenoxy) is 1. The van der Waals surface area contributed by atoms with Crippen LogP contribution in [0.5, 0.6) is 0 Å². The van der Waals surface area contributed by atoms with Crippen LogP contribution < -0.4 is 0 Å². The molecular formula is C13H21NO10. The van der Waals surface area contributed by atoms with E-state index in [0.29, 0.717) is 4.90 Å². The number of carboxylic acid groups (broad SMARTS) is 1. The molecule has 0 aromatic carbocycles. The van der Waals surface area contributed by atoms with E-state index in [2.05, 4.69) is 0 Å². The number of carbonyl (C=O) groups is 3. The average molecular weight is 351 g/mol. The highest BCUT2D eigenvalue weighted by molar-refractivity contribution is 5.93. The maximum absolute atomic E-state index is 11.7. The molecule has 0 bridgehead atoms. The van der Waals surface area contributed by atoms with Crippen LogP contribution in [0, 0.1) is 0 Å². The van der Waals surface area contributed by atoms with Crippen LogP contribution in [0.3, 0.4) is 0 Å². The minimum absolute atomic E-state index is 0.532. The molecule has 1 saturated heterocycles. The lowest BCUT2D eigenvalue weighted by Crippen LogP contribution is -2.68. The summed E-state index contributed by atoms with van der Waals surface area (Å²) < 4.78 is 4.91. The number of aliphatic carboxylic acids is 1. The van der Waals surface area contributed by atoms with Crippen molar-refractivity contribution >= 4 is 17.8 Å². The standard InChI is InChI=1S/C13H21NO10/c1-5(16)14(6(2)17)9-7(18)3-13(23,12(21)22)24-11(9)10(20)8(19)4-15/h7-11,15,18-20,23H,3-4H2,1-2H3,(H,21,22)/t7-,8+,9+,10?,11+,13+/m0/s1. The molecule has 24 heavy (non-hydrogen) atoms. The molecule has 1 fully saturated rings. The Hall–Kier alpha value is -1.63. The number of rotatable bonds is 5. The van der Waals surface area contributed by atoms with Gasteiger partial charge in [0.25, 0.3) is 5.79 Å². The molecule has 1 aliphatic rings. The quantitative estimate of drug-likeness (QED) is 0.289. The number of amides is 2. The molecule has 6 N–H and O–H groups in total. The van der Waals surface area contributed by atoms with Crippen molar-refractivity contribution in [3.63, 3.8) is 0 Å². The van der Waals surface area contributed by atoms with Crippen LogP contribution in [0.15, 0.2) is 0 Å². The molecule has 1 aliphatic heterocycles. The number of carbonyl (C=O) groups excluding carboxylic acids is 2. The molecule has 0 spiro atoms. The number of hydrogen-bond acceptors (Lipinski definition) is 9. The van der Waals surface area contributed by atoms with E-state index in [9.17, 15) is 34.8 Å². The summed E-state index contributed by atoms with van der Waals surface area (Å²) in [5, 5.41) is 57.7. The lowest BCUT2D eigenvalue weighted by atomic mass is 9.87. The molecule has 0 aromatic heterocycles. The molecule has 0 radical (unpaired) electrons. The van der Waals surface area contributed by atoms with E-state index in [1.807, 2.05) is 0 Å². The van der Waals surface area contributed by atoms with Crippen molar-refractivity contribution < 1.29 is 49.8 Å². The smallest absolute Gasteiger partial charge is 0.364 e. The minimum atomic E-state index is -2.91. The Kier molecular flexibility index (Phi) is 6.38. The number of hydrogen-bond donors (Lipinski definition) is 6. The molecule has 0 saturated carbocycles. The van der Waals surface area contributed by atoms with Gasteiger partial charge in [-0.15, -0.1) is 0 Å². The first-order chi connectivity index (χ1) is 11.0. The Bertz CT molecular complexity index is 497. The molecule has 11 heteroatoms. The van der Waals surface area contributed by atoms with Gasteiger partial charge in [-0.2, -0.15) is 0 Å². The monoisotopic (exact) mass is 351 g/mol. The average Bonchev–Trinajstić information content (AvgIpc) is 2.47. The van der Waals surface area contributed by atoms with Gasteiger partial charge in [-0.1, -0.05) is 0 Å². The van der Waals surface area contributed by atoms with Gasteiger partial charge in [-0.25, -0.2) is 4.79 Å². The van der Waals surface area contributed by atoms with Gasteiger partial charge < -0.3 is 35.4 Å². The fraction of sp³-hybridized carbons (Fsp3) is 0.769. The Labute approximate surface area is 136 Å². The Morgan fingerprint density at radius 2 is 1.75 bits per heavy atom. The molecule has 2 amide bonds. The number of nitrogens with zero attached hydrogens (tertiary/aromatic N) is 1. The molecule has 1 rings (SSSR count). The van der Waals surface area contributed by atoms with E-state index in [-0.39, 0.29) is 0 Å². The summed E-state index contributed by atoms with van der Waals surface area (Å²) in [6, 6.07) is -1.57. The van der Waals surface area contributed by atoms with Crippen molar-refractivity contribution in [1.29, 1.82) is 0 Å². The second kappa shape index (κ2) is 7.51. The lowest BCUT2D eigenvalue weighted by molar-refractivity contribution is -0.302. The van der Waals surface area contributed by atoms with Crippen LogP contribution in [0.4, 0.5) is 0 Å². The van der Waals surface area contributed by atoms with Crippen molar-refractivity contribution in [3.8, 4) is 0 Å². The topological polar surface area (TPSA) is 185 Å². The number of imide groups is 1. The van der Waals surface area contributed by atoms with Crippen LogP contribution in [-0.4, -0.2) is 96.2 Å². The van der Waals surface area contributed by atoms with Gasteiger partial charge in [0.05, 0.1) is 18.8 Å². The van der Waals surface area contributed by atoms with Crippen LogP contribution >= 0.6 is 0 Å². The highest BCUT2D eigenvalue weighted by Gasteiger charge is 2.56. The first-order valence-corrected chi connectivity index (χ1v) is 7.05. The van der Waals surface area contributed by atoms with Crippen molar-refractivity contribution in [2.45, 2.75) is 56.5 Å². The Balaban J connectivity index is 3.34. The first-order valence-electron chi connectivity index (χ1n) is 7.05. The minimum Gasteiger partial charge on any atom is -0.477 e. The predicted octanol–water partition coefficient (Wildman–Crippen LogP) is -3.61. The Morgan fingerprint density at radius 1 is 1.25 bits per heavy atom. The van der Waals surface area contributed by atoms with Gasteiger partial charge in [-0.3, -0.25) is 14.5 Å². The first kappa shape index (κ1) is 20.4. The molecule has 0 aliphatic carbocycles. The van der Waals surface area contributed by atoms with E-state index in [4.69, 9.17) is 14.9 Å². The van der Waals surface area contributed by atoms with Crippen molar-refractivity contribution in [2.24, 2.45) is 0 Å². The van der Waals surface area contributed by atoms with Crippen molar-refractivity contribution in [3.05, 3.63) is 0 Å². The predicted molar refractivity (Wildman–Crippen MR) is 74.2 cm³/mol. The van der Waals surface area contributed by atoms with Crippen LogP contribution in [0.1, 0.15) is 20.3 Å². The second-order valence-corrected chi connectivity index (χ2v) is 5.58. The maximum Gasteiger partial charge on any atom is 0.364 e. The van der Waals surface area contributed by atoms with Crippen molar-refractivity contribution in [1.82, 2.24) is 4.90 Å². The van der Waals surface area contributed by atoms with Crippen LogP contribution in [-0.2, 0) is 19.1 Å². The lowest BCUT2D eigenvalue weighted by Gasteiger charge is -2.47. The molecule has 1 heterocycles. The maximum atomic E-state index is 11.7. The van der Waals surface area contributed by atoms with Gasteiger partial charge >= 0.3 is 5.97 Å². The highest BCUT2D eigenvalue weighted by Crippen LogP contribution is 2.33. The molecule has 6 atom stereocenters. The molecule has 0 aromatic rings. The second-order valence-electron chi connectivity index (χ2n) is 5.58. The third kappa shape index (κ3) is 3.88. The third-order valence-electron chi connectivity index (χ3n) is 3.78. The molecular weight excluding hydrogens is 330 g/mol. The van der Waals surface area contributed by atoms with Crippen LogP contribution in [0.2, 0.25) is 0 Å². The summed E-state index contributed by atoms with van der Waals surface area (Å²) in [6.45, 7) is 1.05. The number of aliphatic hydroxyl groups excluding tert-OH is 4. The molecule has 1 unspecified atom stereocenters. The van der Waals surface area contributed by atoms with E-state index >= 15 is 0 Å². The third-order valence-corrected chi connectivity index (χ3v) is 3.78. The SMILES string of the molecule is CC(=O)N(C(C)=O)[C@@H]1[C@@H](O)C[C@](O)(C(=O)O)O[C@H]1C(O)[C@H](O)CO. The van der Waals surface area contributed by atoms with E-state index in [1.54, 1.807) is 0 Å². The normalized spacial score (nSPS) is 32.7. The van der Waals surface area contributed by atoms with Gasteiger partial charge in [0.15, 0.2) is 0 Å². The van der Waals surface area contributed by atoms with E-state index < -0.39 is 67.1 Å². The van der Waals surface area contributed by atoms with E-state index in [0.717, 1.165) is 13.8 Å². The summed E-state index contributed by atoms with van der Waals surface area (Å²) >= 11 is 0. The Morgan fingerprint density at radius 3 is 2.12 bits per heavy atom. The van der Waals surface area contributed by atoms with Gasteiger partial charge in [-0.05, 0) is 0 Å². The van der Waals surface area contributed by atoms with Gasteiger partial charge in [0, 0.05) is 20.3 Å². The van der Waals surface area contributed by atoms with E-state index in [1.165, 1.54) is 0 Å². The zero-order valence-electron chi connectivity index (χ0n) is 13.1.